The number of piperazine rings is 1. The zero-order valence-corrected chi connectivity index (χ0v) is 18.6. The van der Waals surface area contributed by atoms with Crippen LogP contribution in [0.3, 0.4) is 0 Å². The molecule has 0 radical (unpaired) electrons. The monoisotopic (exact) mass is 414 g/mol. The van der Waals surface area contributed by atoms with Crippen molar-refractivity contribution in [2.75, 3.05) is 45.9 Å². The molecule has 0 amide bonds. The van der Waals surface area contributed by atoms with Crippen LogP contribution in [0.2, 0.25) is 0 Å². The predicted octanol–water partition coefficient (Wildman–Crippen LogP) is 4.74. The van der Waals surface area contributed by atoms with E-state index in [9.17, 15) is 4.79 Å². The van der Waals surface area contributed by atoms with Gasteiger partial charge in [-0.2, -0.15) is 0 Å². The minimum Gasteiger partial charge on any atom is -0.372 e. The number of benzene rings is 1. The van der Waals surface area contributed by atoms with Gasteiger partial charge in [-0.3, -0.25) is 9.69 Å². The highest BCUT2D eigenvalue weighted by Crippen LogP contribution is 2.21. The van der Waals surface area contributed by atoms with Gasteiger partial charge in [-0.05, 0) is 29.3 Å². The molecule has 1 aliphatic heterocycles. The van der Waals surface area contributed by atoms with Crippen LogP contribution in [-0.2, 0) is 4.74 Å². The fourth-order valence-corrected chi connectivity index (χ4v) is 4.31. The Morgan fingerprint density at radius 2 is 1.76 bits per heavy atom. The second-order valence-electron chi connectivity index (χ2n) is 8.25. The molecule has 1 saturated heterocycles. The Morgan fingerprint density at radius 1 is 1.03 bits per heavy atom. The maximum absolute atomic E-state index is 12.2. The second-order valence-corrected chi connectivity index (χ2v) is 9.19. The van der Waals surface area contributed by atoms with Gasteiger partial charge in [-0.15, -0.1) is 11.3 Å². The van der Waals surface area contributed by atoms with Crippen molar-refractivity contribution in [3.8, 4) is 0 Å². The fraction of sp³-hybridized carbons (Fsp3) is 0.542. The lowest BCUT2D eigenvalue weighted by Gasteiger charge is -2.36. The Labute approximate surface area is 179 Å². The van der Waals surface area contributed by atoms with E-state index in [0.29, 0.717) is 12.3 Å². The summed E-state index contributed by atoms with van der Waals surface area (Å²) in [4.78, 5) is 18.0. The number of ketones is 1. The minimum atomic E-state index is 0.127. The zero-order valence-electron chi connectivity index (χ0n) is 17.8. The number of hydrogen-bond acceptors (Lipinski definition) is 5. The van der Waals surface area contributed by atoms with Crippen molar-refractivity contribution < 1.29 is 9.53 Å². The van der Waals surface area contributed by atoms with E-state index in [2.05, 4.69) is 54.0 Å². The van der Waals surface area contributed by atoms with E-state index in [0.717, 1.165) is 57.2 Å². The van der Waals surface area contributed by atoms with Gasteiger partial charge in [0.05, 0.1) is 11.0 Å². The molecule has 1 atom stereocenters. The van der Waals surface area contributed by atoms with Gasteiger partial charge in [0.1, 0.15) is 0 Å². The molecule has 1 aromatic carbocycles. The summed E-state index contributed by atoms with van der Waals surface area (Å²) in [6, 6.07) is 14.5. The number of thiophene rings is 1. The maximum Gasteiger partial charge on any atom is 0.174 e. The van der Waals surface area contributed by atoms with Gasteiger partial charge in [0.25, 0.3) is 0 Å². The molecular formula is C24H34N2O2S. The first-order valence-corrected chi connectivity index (χ1v) is 11.7. The Balaban J connectivity index is 1.44. The highest BCUT2D eigenvalue weighted by Gasteiger charge is 2.22. The summed E-state index contributed by atoms with van der Waals surface area (Å²) in [6.07, 6.45) is 1.84. The number of hydrogen-bond donors (Lipinski definition) is 0. The molecule has 1 aliphatic rings. The molecule has 3 rings (SSSR count). The highest BCUT2D eigenvalue weighted by atomic mass is 32.1. The molecule has 0 aliphatic carbocycles. The second kappa shape index (κ2) is 11.6. The summed E-state index contributed by atoms with van der Waals surface area (Å²) < 4.78 is 6.29. The molecule has 2 heterocycles. The predicted molar refractivity (Wildman–Crippen MR) is 121 cm³/mol. The van der Waals surface area contributed by atoms with E-state index in [1.165, 1.54) is 5.56 Å². The van der Waals surface area contributed by atoms with E-state index < -0.39 is 0 Å². The van der Waals surface area contributed by atoms with Crippen LogP contribution in [0.1, 0.15) is 48.0 Å². The molecule has 1 aromatic heterocycles. The molecule has 0 bridgehead atoms. The lowest BCUT2D eigenvalue weighted by atomic mass is 10.1. The summed E-state index contributed by atoms with van der Waals surface area (Å²) in [5, 5.41) is 1.97. The zero-order chi connectivity index (χ0) is 20.5. The van der Waals surface area contributed by atoms with E-state index in [1.54, 1.807) is 11.3 Å². The van der Waals surface area contributed by atoms with Crippen LogP contribution in [0.4, 0.5) is 0 Å². The average molecular weight is 415 g/mol. The van der Waals surface area contributed by atoms with E-state index in [4.69, 9.17) is 4.74 Å². The molecular weight excluding hydrogens is 380 g/mol. The molecule has 29 heavy (non-hydrogen) atoms. The SMILES string of the molecule is CC(C)CCOC(CN1CCN(CCC(=O)c2cccs2)CC1)c1ccccc1. The molecule has 5 heteroatoms. The summed E-state index contributed by atoms with van der Waals surface area (Å²) in [5.74, 6) is 0.928. The number of carbonyl (C=O) groups is 1. The molecule has 2 aromatic rings. The van der Waals surface area contributed by atoms with Crippen LogP contribution in [0, 0.1) is 5.92 Å². The molecule has 0 spiro atoms. The van der Waals surface area contributed by atoms with E-state index in [1.807, 2.05) is 17.5 Å². The molecule has 1 unspecified atom stereocenters. The summed E-state index contributed by atoms with van der Waals surface area (Å²) in [5.41, 5.74) is 1.26. The summed E-state index contributed by atoms with van der Waals surface area (Å²) >= 11 is 1.54. The Bertz CT molecular complexity index is 710. The first-order chi connectivity index (χ1) is 14.1. The van der Waals surface area contributed by atoms with Crippen molar-refractivity contribution in [3.05, 3.63) is 58.3 Å². The van der Waals surface area contributed by atoms with Crippen LogP contribution >= 0.6 is 11.3 Å². The third-order valence-electron chi connectivity index (χ3n) is 5.53. The van der Waals surface area contributed by atoms with Crippen LogP contribution < -0.4 is 0 Å². The lowest BCUT2D eigenvalue weighted by molar-refractivity contribution is 0.00799. The normalized spacial score (nSPS) is 16.9. The smallest absolute Gasteiger partial charge is 0.174 e. The van der Waals surface area contributed by atoms with Crippen LogP contribution in [0.5, 0.6) is 0 Å². The van der Waals surface area contributed by atoms with Gasteiger partial charge in [0, 0.05) is 52.3 Å². The van der Waals surface area contributed by atoms with Crippen LogP contribution in [-0.4, -0.2) is 61.5 Å². The summed E-state index contributed by atoms with van der Waals surface area (Å²) in [6.45, 7) is 11.2. The average Bonchev–Trinajstić information content (AvgIpc) is 3.28. The van der Waals surface area contributed by atoms with Gasteiger partial charge in [0.15, 0.2) is 5.78 Å². The first kappa shape index (κ1) is 22.2. The third kappa shape index (κ3) is 7.34. The van der Waals surface area contributed by atoms with Crippen LogP contribution in [0.15, 0.2) is 47.8 Å². The van der Waals surface area contributed by atoms with Crippen molar-refractivity contribution in [1.82, 2.24) is 9.80 Å². The molecule has 0 N–H and O–H groups in total. The minimum absolute atomic E-state index is 0.127. The van der Waals surface area contributed by atoms with Gasteiger partial charge in [-0.25, -0.2) is 0 Å². The van der Waals surface area contributed by atoms with Gasteiger partial charge >= 0.3 is 0 Å². The standard InChI is InChI=1S/C24H34N2O2S/c1-20(2)11-17-28-23(21-7-4-3-5-8-21)19-26-15-13-25(14-16-26)12-10-22(27)24-9-6-18-29-24/h3-9,18,20,23H,10-17,19H2,1-2H3. The highest BCUT2D eigenvalue weighted by molar-refractivity contribution is 7.12. The number of ether oxygens (including phenoxy) is 1. The first-order valence-electron chi connectivity index (χ1n) is 10.8. The quantitative estimate of drug-likeness (QED) is 0.497. The number of rotatable bonds is 11. The number of carbonyl (C=O) groups excluding carboxylic acids is 1. The van der Waals surface area contributed by atoms with Crippen molar-refractivity contribution in [3.63, 3.8) is 0 Å². The Hall–Kier alpha value is -1.53. The van der Waals surface area contributed by atoms with Crippen molar-refractivity contribution in [1.29, 1.82) is 0 Å². The van der Waals surface area contributed by atoms with E-state index >= 15 is 0 Å². The Kier molecular flexibility index (Phi) is 8.87. The largest absolute Gasteiger partial charge is 0.372 e. The molecule has 4 nitrogen and oxygen atoms in total. The molecule has 0 saturated carbocycles. The third-order valence-corrected chi connectivity index (χ3v) is 6.44. The van der Waals surface area contributed by atoms with Crippen molar-refractivity contribution >= 4 is 17.1 Å². The fourth-order valence-electron chi connectivity index (χ4n) is 3.62. The maximum atomic E-state index is 12.2. The van der Waals surface area contributed by atoms with Crippen molar-refractivity contribution in [2.24, 2.45) is 5.92 Å². The number of Topliss-reactive ketones (excluding diaryl/α,β-unsaturated/α-hetero) is 1. The topological polar surface area (TPSA) is 32.8 Å². The molecule has 158 valence electrons. The number of nitrogens with zero attached hydrogens (tertiary/aromatic N) is 2. The van der Waals surface area contributed by atoms with Crippen LogP contribution in [0.25, 0.3) is 0 Å². The van der Waals surface area contributed by atoms with Gasteiger partial charge in [0.2, 0.25) is 0 Å². The lowest BCUT2D eigenvalue weighted by Crippen LogP contribution is -2.48. The van der Waals surface area contributed by atoms with E-state index in [-0.39, 0.29) is 11.9 Å². The molecule has 1 fully saturated rings. The Morgan fingerprint density at radius 3 is 2.41 bits per heavy atom. The van der Waals surface area contributed by atoms with Gasteiger partial charge in [-0.1, -0.05) is 50.2 Å². The van der Waals surface area contributed by atoms with Crippen molar-refractivity contribution in [2.45, 2.75) is 32.8 Å². The summed E-state index contributed by atoms with van der Waals surface area (Å²) in [7, 11) is 0. The van der Waals surface area contributed by atoms with Gasteiger partial charge < -0.3 is 9.64 Å².